The number of halogens is 1. The van der Waals surface area contributed by atoms with Gasteiger partial charge in [-0.25, -0.2) is 4.79 Å². The normalized spacial score (nSPS) is 10.2. The van der Waals surface area contributed by atoms with Gasteiger partial charge < -0.3 is 15.2 Å². The Morgan fingerprint density at radius 2 is 1.95 bits per heavy atom. The number of anilines is 1. The summed E-state index contributed by atoms with van der Waals surface area (Å²) in [4.78, 5) is 11.6. The Morgan fingerprint density at radius 1 is 1.20 bits per heavy atom. The monoisotopic (exact) mass is 335 g/mol. The first-order valence-corrected chi connectivity index (χ1v) is 6.72. The largest absolute Gasteiger partial charge is 0.465 e. The molecule has 0 unspecified atom stereocenters. The fourth-order valence-electron chi connectivity index (χ4n) is 1.74. The number of nitrogens with two attached hydrogens (primary N) is 1. The standard InChI is InChI=1S/C15H14BrNO3/c1-9-7-10(16)3-6-14(9)20-11-4-5-13(17)12(8-11)15(18)19-2/h3-8H,17H2,1-2H3. The van der Waals surface area contributed by atoms with Crippen LogP contribution >= 0.6 is 15.9 Å². The Morgan fingerprint density at radius 3 is 2.60 bits per heavy atom. The van der Waals surface area contributed by atoms with Crippen molar-refractivity contribution >= 4 is 27.6 Å². The van der Waals surface area contributed by atoms with Gasteiger partial charge in [0.25, 0.3) is 0 Å². The summed E-state index contributed by atoms with van der Waals surface area (Å²) in [5.74, 6) is 0.763. The summed E-state index contributed by atoms with van der Waals surface area (Å²) in [5.41, 5.74) is 7.38. The first-order valence-electron chi connectivity index (χ1n) is 5.93. The molecule has 0 bridgehead atoms. The number of esters is 1. The number of carbonyl (C=O) groups is 1. The minimum absolute atomic E-state index is 0.291. The van der Waals surface area contributed by atoms with Gasteiger partial charge in [-0.3, -0.25) is 0 Å². The number of aryl methyl sites for hydroxylation is 1. The predicted molar refractivity (Wildman–Crippen MR) is 81.1 cm³/mol. The highest BCUT2D eigenvalue weighted by molar-refractivity contribution is 9.10. The molecule has 104 valence electrons. The van der Waals surface area contributed by atoms with Gasteiger partial charge in [0.1, 0.15) is 11.5 Å². The second-order valence-corrected chi connectivity index (χ2v) is 5.17. The Kier molecular flexibility index (Phi) is 4.29. The van der Waals surface area contributed by atoms with Crippen LogP contribution in [0.5, 0.6) is 11.5 Å². The van der Waals surface area contributed by atoms with Crippen LogP contribution < -0.4 is 10.5 Å². The zero-order valence-electron chi connectivity index (χ0n) is 11.1. The third-order valence-electron chi connectivity index (χ3n) is 2.79. The van der Waals surface area contributed by atoms with Crippen molar-refractivity contribution in [2.24, 2.45) is 0 Å². The van der Waals surface area contributed by atoms with E-state index in [0.29, 0.717) is 22.7 Å². The second kappa shape index (κ2) is 5.96. The van der Waals surface area contributed by atoms with E-state index in [4.69, 9.17) is 10.5 Å². The Bertz CT molecular complexity index is 656. The molecule has 2 N–H and O–H groups in total. The molecule has 0 heterocycles. The van der Waals surface area contributed by atoms with Crippen molar-refractivity contribution in [3.05, 3.63) is 52.0 Å². The molecule has 0 saturated heterocycles. The van der Waals surface area contributed by atoms with Gasteiger partial charge in [0.05, 0.1) is 12.7 Å². The molecule has 2 rings (SSSR count). The highest BCUT2D eigenvalue weighted by atomic mass is 79.9. The number of rotatable bonds is 3. The van der Waals surface area contributed by atoms with Gasteiger partial charge in [0.2, 0.25) is 0 Å². The number of hydrogen-bond donors (Lipinski definition) is 1. The van der Waals surface area contributed by atoms with Gasteiger partial charge in [-0.1, -0.05) is 15.9 Å². The molecule has 0 aliphatic rings. The zero-order valence-corrected chi connectivity index (χ0v) is 12.7. The first kappa shape index (κ1) is 14.4. The summed E-state index contributed by atoms with van der Waals surface area (Å²) in [6.07, 6.45) is 0. The van der Waals surface area contributed by atoms with Crippen LogP contribution in [0.2, 0.25) is 0 Å². The van der Waals surface area contributed by atoms with Crippen molar-refractivity contribution in [2.75, 3.05) is 12.8 Å². The van der Waals surface area contributed by atoms with Gasteiger partial charge in [-0.2, -0.15) is 0 Å². The van der Waals surface area contributed by atoms with Crippen LogP contribution in [-0.4, -0.2) is 13.1 Å². The molecule has 5 heteroatoms. The number of benzene rings is 2. The molecular formula is C15H14BrNO3. The lowest BCUT2D eigenvalue weighted by molar-refractivity contribution is 0.0601. The summed E-state index contributed by atoms with van der Waals surface area (Å²) in [6, 6.07) is 10.6. The van der Waals surface area contributed by atoms with E-state index in [1.165, 1.54) is 7.11 Å². The molecule has 0 amide bonds. The Labute approximate surface area is 125 Å². The predicted octanol–water partition coefficient (Wildman–Crippen LogP) is 3.92. The van der Waals surface area contributed by atoms with Crippen LogP contribution in [0.1, 0.15) is 15.9 Å². The summed E-state index contributed by atoms with van der Waals surface area (Å²) < 4.78 is 11.4. The van der Waals surface area contributed by atoms with Crippen molar-refractivity contribution in [1.29, 1.82) is 0 Å². The van der Waals surface area contributed by atoms with Crippen LogP contribution in [0.15, 0.2) is 40.9 Å². The van der Waals surface area contributed by atoms with E-state index in [1.54, 1.807) is 18.2 Å². The molecule has 0 radical (unpaired) electrons. The van der Waals surface area contributed by atoms with Crippen molar-refractivity contribution in [1.82, 2.24) is 0 Å². The van der Waals surface area contributed by atoms with Crippen LogP contribution in [0.3, 0.4) is 0 Å². The first-order chi connectivity index (χ1) is 9.51. The third kappa shape index (κ3) is 3.11. The Balaban J connectivity index is 2.32. The molecule has 2 aromatic carbocycles. The maximum Gasteiger partial charge on any atom is 0.340 e. The van der Waals surface area contributed by atoms with Crippen molar-refractivity contribution in [3.8, 4) is 11.5 Å². The highest BCUT2D eigenvalue weighted by Crippen LogP contribution is 2.29. The van der Waals surface area contributed by atoms with Gasteiger partial charge in [0, 0.05) is 10.2 Å². The lowest BCUT2D eigenvalue weighted by atomic mass is 10.1. The lowest BCUT2D eigenvalue weighted by Gasteiger charge is -2.11. The molecule has 0 fully saturated rings. The summed E-state index contributed by atoms with van der Waals surface area (Å²) in [6.45, 7) is 1.94. The SMILES string of the molecule is COC(=O)c1cc(Oc2ccc(Br)cc2C)ccc1N. The highest BCUT2D eigenvalue weighted by Gasteiger charge is 2.12. The van der Waals surface area contributed by atoms with E-state index in [-0.39, 0.29) is 0 Å². The molecule has 0 saturated carbocycles. The molecular weight excluding hydrogens is 322 g/mol. The van der Waals surface area contributed by atoms with Crippen LogP contribution in [0.4, 0.5) is 5.69 Å². The van der Waals surface area contributed by atoms with Crippen molar-refractivity contribution < 1.29 is 14.3 Å². The topological polar surface area (TPSA) is 61.5 Å². The average Bonchev–Trinajstić information content (AvgIpc) is 2.43. The molecule has 2 aromatic rings. The van der Waals surface area contributed by atoms with Gasteiger partial charge in [-0.05, 0) is 48.9 Å². The summed E-state index contributed by atoms with van der Waals surface area (Å²) in [7, 11) is 1.31. The number of ether oxygens (including phenoxy) is 2. The fraction of sp³-hybridized carbons (Fsp3) is 0.133. The van der Waals surface area contributed by atoms with E-state index in [0.717, 1.165) is 10.0 Å². The maximum atomic E-state index is 11.6. The van der Waals surface area contributed by atoms with E-state index in [9.17, 15) is 4.79 Å². The third-order valence-corrected chi connectivity index (χ3v) is 3.29. The number of nitrogen functional groups attached to an aromatic ring is 1. The van der Waals surface area contributed by atoms with E-state index in [2.05, 4.69) is 20.7 Å². The van der Waals surface area contributed by atoms with Crippen LogP contribution in [0.25, 0.3) is 0 Å². The molecule has 0 aliphatic heterocycles. The second-order valence-electron chi connectivity index (χ2n) is 4.25. The molecule has 0 aliphatic carbocycles. The average molecular weight is 336 g/mol. The van der Waals surface area contributed by atoms with E-state index < -0.39 is 5.97 Å². The minimum Gasteiger partial charge on any atom is -0.465 e. The van der Waals surface area contributed by atoms with Crippen LogP contribution in [0, 0.1) is 6.92 Å². The van der Waals surface area contributed by atoms with E-state index in [1.807, 2.05) is 25.1 Å². The quantitative estimate of drug-likeness (QED) is 0.682. The van der Waals surface area contributed by atoms with Gasteiger partial charge in [0.15, 0.2) is 0 Å². The van der Waals surface area contributed by atoms with E-state index >= 15 is 0 Å². The summed E-state index contributed by atoms with van der Waals surface area (Å²) in [5, 5.41) is 0. The molecule has 0 aromatic heterocycles. The zero-order chi connectivity index (χ0) is 14.7. The lowest BCUT2D eigenvalue weighted by Crippen LogP contribution is -2.05. The molecule has 0 spiro atoms. The number of carbonyl (C=O) groups excluding carboxylic acids is 1. The number of methoxy groups -OCH3 is 1. The summed E-state index contributed by atoms with van der Waals surface area (Å²) >= 11 is 3.40. The van der Waals surface area contributed by atoms with Crippen molar-refractivity contribution in [3.63, 3.8) is 0 Å². The van der Waals surface area contributed by atoms with Crippen molar-refractivity contribution in [2.45, 2.75) is 6.92 Å². The minimum atomic E-state index is -0.486. The molecule has 0 atom stereocenters. The smallest absolute Gasteiger partial charge is 0.340 e. The van der Waals surface area contributed by atoms with Gasteiger partial charge >= 0.3 is 5.97 Å². The molecule has 4 nitrogen and oxygen atoms in total. The number of hydrogen-bond acceptors (Lipinski definition) is 4. The molecule has 20 heavy (non-hydrogen) atoms. The Hall–Kier alpha value is -2.01. The maximum absolute atomic E-state index is 11.6. The van der Waals surface area contributed by atoms with Gasteiger partial charge in [-0.15, -0.1) is 0 Å². The fourth-order valence-corrected chi connectivity index (χ4v) is 2.22. The van der Waals surface area contributed by atoms with Crippen LogP contribution in [-0.2, 0) is 4.74 Å².